The summed E-state index contributed by atoms with van der Waals surface area (Å²) in [4.78, 5) is 0. The van der Waals surface area contributed by atoms with Gasteiger partial charge in [0.05, 0.1) is 23.5 Å². The van der Waals surface area contributed by atoms with Crippen molar-refractivity contribution in [3.05, 3.63) is 46.2 Å². The molecule has 1 aromatic carbocycles. The molecule has 1 unspecified atom stereocenters. The van der Waals surface area contributed by atoms with Crippen LogP contribution < -0.4 is 10.1 Å². The summed E-state index contributed by atoms with van der Waals surface area (Å²) in [6, 6.07) is 8.29. The molecule has 1 aromatic heterocycles. The van der Waals surface area contributed by atoms with Crippen LogP contribution in [0.2, 0.25) is 5.02 Å². The highest BCUT2D eigenvalue weighted by Gasteiger charge is 2.12. The van der Waals surface area contributed by atoms with E-state index in [-0.39, 0.29) is 6.04 Å². The molecule has 1 atom stereocenters. The lowest BCUT2D eigenvalue weighted by Gasteiger charge is -2.15. The number of methoxy groups -OCH3 is 1. The van der Waals surface area contributed by atoms with Crippen LogP contribution in [0.3, 0.4) is 0 Å². The molecular weight excluding hydrogens is 274 g/mol. The van der Waals surface area contributed by atoms with Crippen molar-refractivity contribution in [3.63, 3.8) is 0 Å². The predicted molar refractivity (Wildman–Crippen MR) is 81.2 cm³/mol. The van der Waals surface area contributed by atoms with Gasteiger partial charge in [-0.3, -0.25) is 4.68 Å². The Morgan fingerprint density at radius 3 is 2.50 bits per heavy atom. The van der Waals surface area contributed by atoms with Crippen molar-refractivity contribution < 1.29 is 4.74 Å². The fourth-order valence-corrected chi connectivity index (χ4v) is 2.36. The highest BCUT2D eigenvalue weighted by Crippen LogP contribution is 2.21. The lowest BCUT2D eigenvalue weighted by molar-refractivity contribution is 0.414. The molecule has 20 heavy (non-hydrogen) atoms. The normalized spacial score (nSPS) is 12.4. The number of aryl methyl sites for hydroxylation is 2. The quantitative estimate of drug-likeness (QED) is 0.920. The smallest absolute Gasteiger partial charge is 0.118 e. The van der Waals surface area contributed by atoms with Crippen molar-refractivity contribution in [2.75, 3.05) is 7.11 Å². The number of benzene rings is 1. The molecule has 4 nitrogen and oxygen atoms in total. The second kappa shape index (κ2) is 6.29. The van der Waals surface area contributed by atoms with Crippen LogP contribution >= 0.6 is 11.6 Å². The van der Waals surface area contributed by atoms with Crippen LogP contribution in [-0.4, -0.2) is 16.9 Å². The standard InChI is InChI=1S/C15H20ClN3O/c1-10(12-5-7-13(20-4)8-6-12)17-9-14-15(16)11(2)18-19(14)3/h5-8,10,17H,9H2,1-4H3. The summed E-state index contributed by atoms with van der Waals surface area (Å²) in [6.45, 7) is 4.72. The molecule has 0 aliphatic heterocycles. The summed E-state index contributed by atoms with van der Waals surface area (Å²) in [6.07, 6.45) is 0. The number of aromatic nitrogens is 2. The molecule has 0 fully saturated rings. The monoisotopic (exact) mass is 293 g/mol. The van der Waals surface area contributed by atoms with Crippen LogP contribution in [0, 0.1) is 6.92 Å². The molecule has 1 N–H and O–H groups in total. The highest BCUT2D eigenvalue weighted by atomic mass is 35.5. The maximum Gasteiger partial charge on any atom is 0.118 e. The molecule has 5 heteroatoms. The summed E-state index contributed by atoms with van der Waals surface area (Å²) in [5.41, 5.74) is 3.08. The number of ether oxygens (including phenoxy) is 1. The van der Waals surface area contributed by atoms with Gasteiger partial charge in [0.25, 0.3) is 0 Å². The molecule has 0 saturated heterocycles. The zero-order valence-corrected chi connectivity index (χ0v) is 13.0. The van der Waals surface area contributed by atoms with Gasteiger partial charge in [-0.25, -0.2) is 0 Å². The van der Waals surface area contributed by atoms with Gasteiger partial charge >= 0.3 is 0 Å². The van der Waals surface area contributed by atoms with E-state index in [1.807, 2.05) is 30.8 Å². The van der Waals surface area contributed by atoms with E-state index < -0.39 is 0 Å². The Bertz CT molecular complexity index is 578. The van der Waals surface area contributed by atoms with Crippen LogP contribution in [0.4, 0.5) is 0 Å². The van der Waals surface area contributed by atoms with Crippen molar-refractivity contribution >= 4 is 11.6 Å². The highest BCUT2D eigenvalue weighted by molar-refractivity contribution is 6.31. The second-order valence-corrected chi connectivity index (χ2v) is 5.22. The van der Waals surface area contributed by atoms with E-state index in [2.05, 4.69) is 29.5 Å². The third kappa shape index (κ3) is 3.14. The molecular formula is C15H20ClN3O. The fraction of sp³-hybridized carbons (Fsp3) is 0.400. The minimum atomic E-state index is 0.229. The summed E-state index contributed by atoms with van der Waals surface area (Å²) in [7, 11) is 3.58. The van der Waals surface area contributed by atoms with Gasteiger partial charge in [-0.05, 0) is 31.5 Å². The average molecular weight is 294 g/mol. The van der Waals surface area contributed by atoms with Crippen molar-refractivity contribution in [1.29, 1.82) is 0 Å². The Kier molecular flexibility index (Phi) is 4.68. The van der Waals surface area contributed by atoms with Crippen LogP contribution in [0.15, 0.2) is 24.3 Å². The van der Waals surface area contributed by atoms with Crippen molar-refractivity contribution in [2.45, 2.75) is 26.4 Å². The molecule has 0 aliphatic carbocycles. The summed E-state index contributed by atoms with van der Waals surface area (Å²) < 4.78 is 6.99. The van der Waals surface area contributed by atoms with Gasteiger partial charge in [-0.2, -0.15) is 5.10 Å². The first kappa shape index (κ1) is 14.9. The Morgan fingerprint density at radius 1 is 1.35 bits per heavy atom. The van der Waals surface area contributed by atoms with E-state index in [1.54, 1.807) is 7.11 Å². The average Bonchev–Trinajstić information content (AvgIpc) is 2.70. The Morgan fingerprint density at radius 2 is 2.00 bits per heavy atom. The van der Waals surface area contributed by atoms with E-state index in [4.69, 9.17) is 16.3 Å². The molecule has 0 aliphatic rings. The maximum atomic E-state index is 6.24. The maximum absolute atomic E-state index is 6.24. The number of halogens is 1. The molecule has 0 radical (unpaired) electrons. The molecule has 108 valence electrons. The fourth-order valence-electron chi connectivity index (χ4n) is 2.13. The van der Waals surface area contributed by atoms with Crippen molar-refractivity contribution in [2.24, 2.45) is 7.05 Å². The van der Waals surface area contributed by atoms with Gasteiger partial charge in [0.2, 0.25) is 0 Å². The minimum absolute atomic E-state index is 0.229. The number of rotatable bonds is 5. The van der Waals surface area contributed by atoms with E-state index in [9.17, 15) is 0 Å². The minimum Gasteiger partial charge on any atom is -0.497 e. The molecule has 2 rings (SSSR count). The lowest BCUT2D eigenvalue weighted by Crippen LogP contribution is -2.20. The van der Waals surface area contributed by atoms with Gasteiger partial charge in [-0.15, -0.1) is 0 Å². The summed E-state index contributed by atoms with van der Waals surface area (Å²) in [5.74, 6) is 0.867. The van der Waals surface area contributed by atoms with E-state index in [0.29, 0.717) is 6.54 Å². The molecule has 0 bridgehead atoms. The predicted octanol–water partition coefficient (Wildman–Crippen LogP) is 3.24. The van der Waals surface area contributed by atoms with E-state index in [1.165, 1.54) is 5.56 Å². The number of hydrogen-bond donors (Lipinski definition) is 1. The largest absolute Gasteiger partial charge is 0.497 e. The van der Waals surface area contributed by atoms with E-state index in [0.717, 1.165) is 22.2 Å². The molecule has 0 spiro atoms. The first-order valence-corrected chi connectivity index (χ1v) is 6.96. The van der Waals surface area contributed by atoms with Crippen molar-refractivity contribution in [3.8, 4) is 5.75 Å². The van der Waals surface area contributed by atoms with E-state index >= 15 is 0 Å². The summed E-state index contributed by atoms with van der Waals surface area (Å²) in [5, 5.41) is 8.51. The lowest BCUT2D eigenvalue weighted by atomic mass is 10.1. The van der Waals surface area contributed by atoms with Gasteiger partial charge in [0.15, 0.2) is 0 Å². The van der Waals surface area contributed by atoms with Gasteiger partial charge in [-0.1, -0.05) is 23.7 Å². The third-order valence-corrected chi connectivity index (χ3v) is 3.94. The van der Waals surface area contributed by atoms with Crippen molar-refractivity contribution in [1.82, 2.24) is 15.1 Å². The first-order chi connectivity index (χ1) is 9.52. The summed E-state index contributed by atoms with van der Waals surface area (Å²) >= 11 is 6.24. The van der Waals surface area contributed by atoms with Crippen LogP contribution in [0.1, 0.15) is 29.9 Å². The SMILES string of the molecule is COc1ccc(C(C)NCc2c(Cl)c(C)nn2C)cc1. The molecule has 0 amide bonds. The van der Waals surface area contributed by atoms with Gasteiger partial charge in [0.1, 0.15) is 5.75 Å². The number of hydrogen-bond acceptors (Lipinski definition) is 3. The number of nitrogens with one attached hydrogen (secondary N) is 1. The topological polar surface area (TPSA) is 39.1 Å². The second-order valence-electron chi connectivity index (χ2n) is 4.85. The Labute approximate surface area is 124 Å². The zero-order chi connectivity index (χ0) is 14.7. The first-order valence-electron chi connectivity index (χ1n) is 6.58. The Hall–Kier alpha value is -1.52. The van der Waals surface area contributed by atoms with Gasteiger partial charge < -0.3 is 10.1 Å². The molecule has 2 aromatic rings. The van der Waals surface area contributed by atoms with Crippen LogP contribution in [0.25, 0.3) is 0 Å². The van der Waals surface area contributed by atoms with Crippen LogP contribution in [-0.2, 0) is 13.6 Å². The molecule has 1 heterocycles. The number of nitrogens with zero attached hydrogens (tertiary/aromatic N) is 2. The van der Waals surface area contributed by atoms with Gasteiger partial charge in [0, 0.05) is 19.6 Å². The Balaban J connectivity index is 2.02. The molecule has 0 saturated carbocycles. The zero-order valence-electron chi connectivity index (χ0n) is 12.3. The third-order valence-electron chi connectivity index (χ3n) is 3.45. The van der Waals surface area contributed by atoms with Crippen LogP contribution in [0.5, 0.6) is 5.75 Å².